The van der Waals surface area contributed by atoms with E-state index in [1.54, 1.807) is 6.21 Å². The van der Waals surface area contributed by atoms with Crippen LogP contribution < -0.4 is 10.7 Å². The van der Waals surface area contributed by atoms with Gasteiger partial charge in [0.05, 0.1) is 16.4 Å². The number of para-hydroxylation sites is 1. The van der Waals surface area contributed by atoms with Crippen LogP contribution in [-0.4, -0.2) is 39.8 Å². The molecule has 0 aliphatic carbocycles. The van der Waals surface area contributed by atoms with Crippen molar-refractivity contribution in [2.75, 3.05) is 18.4 Å². The van der Waals surface area contributed by atoms with E-state index in [4.69, 9.17) is 0 Å². The fraction of sp³-hybridized carbons (Fsp3) is 0.303. The second kappa shape index (κ2) is 12.2. The second-order valence-corrected chi connectivity index (χ2v) is 12.3. The molecule has 5 rings (SSSR count). The molecule has 8 heteroatoms. The van der Waals surface area contributed by atoms with Gasteiger partial charge in [0.2, 0.25) is 0 Å². The third-order valence-electron chi connectivity index (χ3n) is 7.34. The average Bonchev–Trinajstić information content (AvgIpc) is 3.51. The number of urea groups is 1. The van der Waals surface area contributed by atoms with Crippen molar-refractivity contribution >= 4 is 49.8 Å². The van der Waals surface area contributed by atoms with Gasteiger partial charge in [-0.2, -0.15) is 5.10 Å². The van der Waals surface area contributed by atoms with Crippen molar-refractivity contribution < 1.29 is 4.79 Å². The van der Waals surface area contributed by atoms with Crippen molar-refractivity contribution in [3.63, 3.8) is 0 Å². The van der Waals surface area contributed by atoms with Gasteiger partial charge in [0.1, 0.15) is 0 Å². The number of hydrazone groups is 1. The summed E-state index contributed by atoms with van der Waals surface area (Å²) >= 11 is 1.46. The Balaban J connectivity index is 1.25. The van der Waals surface area contributed by atoms with Crippen LogP contribution in [0.25, 0.3) is 21.1 Å². The summed E-state index contributed by atoms with van der Waals surface area (Å²) in [7, 11) is 0. The number of aromatic nitrogens is 2. The number of nitrogens with zero attached hydrogens (tertiary/aromatic N) is 4. The van der Waals surface area contributed by atoms with Crippen molar-refractivity contribution in [3.05, 3.63) is 95.2 Å². The molecule has 0 saturated carbocycles. The number of hydrogen-bond donors (Lipinski definition) is 2. The summed E-state index contributed by atoms with van der Waals surface area (Å²) in [5, 5.41) is 8.68. The number of rotatable bonds is 9. The molecule has 5 aromatic rings. The lowest BCUT2D eigenvalue weighted by Crippen LogP contribution is -2.24. The Morgan fingerprint density at radius 3 is 2.49 bits per heavy atom. The SMILES string of the molecule is CCN(CC)Cc1ccc2nc(NC(=O)N/N=C/c3cn(Cc4ccc(C(C)(C)C)cc4)c4ccccc34)sc2c1. The smallest absolute Gasteiger partial charge is 0.341 e. The van der Waals surface area contributed by atoms with Crippen molar-refractivity contribution in [1.29, 1.82) is 0 Å². The van der Waals surface area contributed by atoms with E-state index < -0.39 is 6.03 Å². The fourth-order valence-corrected chi connectivity index (χ4v) is 5.85. The van der Waals surface area contributed by atoms with E-state index in [0.717, 1.165) is 52.9 Å². The summed E-state index contributed by atoms with van der Waals surface area (Å²) in [6.45, 7) is 14.7. The molecular weight excluding hydrogens is 528 g/mol. The molecule has 7 nitrogen and oxygen atoms in total. The van der Waals surface area contributed by atoms with Gasteiger partial charge in [0.15, 0.2) is 5.13 Å². The van der Waals surface area contributed by atoms with Gasteiger partial charge in [-0.15, -0.1) is 0 Å². The van der Waals surface area contributed by atoms with Crippen LogP contribution in [0.5, 0.6) is 0 Å². The second-order valence-electron chi connectivity index (χ2n) is 11.3. The predicted molar refractivity (Wildman–Crippen MR) is 172 cm³/mol. The number of thiazole rings is 1. The van der Waals surface area contributed by atoms with Crippen LogP contribution in [0.3, 0.4) is 0 Å². The van der Waals surface area contributed by atoms with Gasteiger partial charge in [-0.25, -0.2) is 15.2 Å². The molecule has 0 saturated heterocycles. The molecule has 2 amide bonds. The van der Waals surface area contributed by atoms with Crippen molar-refractivity contribution in [3.8, 4) is 0 Å². The van der Waals surface area contributed by atoms with Crippen LogP contribution in [-0.2, 0) is 18.5 Å². The van der Waals surface area contributed by atoms with Gasteiger partial charge in [0.25, 0.3) is 0 Å². The van der Waals surface area contributed by atoms with E-state index in [0.29, 0.717) is 5.13 Å². The Hall–Kier alpha value is -4.01. The Labute approximate surface area is 245 Å². The van der Waals surface area contributed by atoms with Gasteiger partial charge in [-0.1, -0.05) is 94.5 Å². The van der Waals surface area contributed by atoms with Gasteiger partial charge in [0, 0.05) is 35.8 Å². The largest absolute Gasteiger partial charge is 0.342 e. The number of carbonyl (C=O) groups excluding carboxylic acids is 1. The molecule has 2 heterocycles. The Morgan fingerprint density at radius 1 is 1.02 bits per heavy atom. The highest BCUT2D eigenvalue weighted by molar-refractivity contribution is 7.22. The number of carbonyl (C=O) groups is 1. The first kappa shape index (κ1) is 28.5. The third-order valence-corrected chi connectivity index (χ3v) is 8.27. The zero-order chi connectivity index (χ0) is 29.0. The number of fused-ring (bicyclic) bond motifs is 2. The molecule has 0 atom stereocenters. The summed E-state index contributed by atoms with van der Waals surface area (Å²) in [6, 6.07) is 22.9. The molecule has 0 aliphatic rings. The molecule has 0 unspecified atom stereocenters. The molecule has 2 N–H and O–H groups in total. The molecule has 0 aliphatic heterocycles. The Kier molecular flexibility index (Phi) is 8.52. The molecule has 0 radical (unpaired) electrons. The molecule has 212 valence electrons. The maximum atomic E-state index is 12.6. The van der Waals surface area contributed by atoms with E-state index >= 15 is 0 Å². The molecule has 3 aromatic carbocycles. The highest BCUT2D eigenvalue weighted by Gasteiger charge is 2.14. The highest BCUT2D eigenvalue weighted by atomic mass is 32.1. The standard InChI is InChI=1S/C33H38N6OS/c1-6-38(7-2)20-24-14-17-28-30(18-24)41-32(35-28)36-31(40)37-34-19-25-22-39(29-11-9-8-10-27(25)29)21-23-12-15-26(16-13-23)33(3,4)5/h8-19,22H,6-7,20-21H2,1-5H3,(H2,35,36,37,40)/b34-19+. The van der Waals surface area contributed by atoms with Crippen LogP contribution in [0, 0.1) is 0 Å². The predicted octanol–water partition coefficient (Wildman–Crippen LogP) is 7.59. The zero-order valence-corrected chi connectivity index (χ0v) is 25.3. The van der Waals surface area contributed by atoms with Gasteiger partial charge in [-0.05, 0) is 53.4 Å². The van der Waals surface area contributed by atoms with E-state index in [9.17, 15) is 4.79 Å². The Bertz CT molecular complexity index is 1670. The third kappa shape index (κ3) is 6.84. The van der Waals surface area contributed by atoms with Crippen LogP contribution in [0.15, 0.2) is 78.0 Å². The van der Waals surface area contributed by atoms with Crippen LogP contribution in [0.1, 0.15) is 56.9 Å². The average molecular weight is 567 g/mol. The molecule has 0 fully saturated rings. The topological polar surface area (TPSA) is 74.6 Å². The summed E-state index contributed by atoms with van der Waals surface area (Å²) in [6.07, 6.45) is 3.77. The van der Waals surface area contributed by atoms with Gasteiger partial charge in [-0.3, -0.25) is 10.2 Å². The Morgan fingerprint density at radius 2 is 1.76 bits per heavy atom. The summed E-state index contributed by atoms with van der Waals surface area (Å²) in [5.74, 6) is 0. The molecule has 41 heavy (non-hydrogen) atoms. The van der Waals surface area contributed by atoms with E-state index in [1.807, 2.05) is 18.2 Å². The van der Waals surface area contributed by atoms with Crippen molar-refractivity contribution in [2.24, 2.45) is 5.10 Å². The number of hydrogen-bond acceptors (Lipinski definition) is 5. The monoisotopic (exact) mass is 566 g/mol. The first-order valence-corrected chi connectivity index (χ1v) is 14.9. The lowest BCUT2D eigenvalue weighted by atomic mass is 9.87. The fourth-order valence-electron chi connectivity index (χ4n) is 4.93. The van der Waals surface area contributed by atoms with Gasteiger partial charge < -0.3 is 4.57 Å². The van der Waals surface area contributed by atoms with Gasteiger partial charge >= 0.3 is 6.03 Å². The summed E-state index contributed by atoms with van der Waals surface area (Å²) in [5.41, 5.74) is 9.44. The maximum absolute atomic E-state index is 12.6. The number of amides is 2. The summed E-state index contributed by atoms with van der Waals surface area (Å²) < 4.78 is 3.27. The summed E-state index contributed by atoms with van der Waals surface area (Å²) in [4.78, 5) is 19.5. The number of nitrogens with one attached hydrogen (secondary N) is 2. The first-order valence-electron chi connectivity index (χ1n) is 14.1. The van der Waals surface area contributed by atoms with Crippen LogP contribution in [0.2, 0.25) is 0 Å². The highest BCUT2D eigenvalue weighted by Crippen LogP contribution is 2.28. The minimum Gasteiger partial charge on any atom is -0.342 e. The van der Waals surface area contributed by atoms with E-state index in [-0.39, 0.29) is 5.41 Å². The zero-order valence-electron chi connectivity index (χ0n) is 24.4. The van der Waals surface area contributed by atoms with Crippen LogP contribution in [0.4, 0.5) is 9.93 Å². The normalized spacial score (nSPS) is 12.1. The quantitative estimate of drug-likeness (QED) is 0.143. The van der Waals surface area contributed by atoms with Crippen molar-refractivity contribution in [2.45, 2.75) is 53.1 Å². The van der Waals surface area contributed by atoms with Crippen molar-refractivity contribution in [1.82, 2.24) is 19.9 Å². The number of benzene rings is 3. The first-order chi connectivity index (χ1) is 19.7. The van der Waals surface area contributed by atoms with Crippen LogP contribution >= 0.6 is 11.3 Å². The lowest BCUT2D eigenvalue weighted by Gasteiger charge is -2.19. The minimum atomic E-state index is -0.425. The van der Waals surface area contributed by atoms with E-state index in [1.165, 1.54) is 28.0 Å². The van der Waals surface area contributed by atoms with E-state index in [2.05, 4.69) is 120 Å². The number of anilines is 1. The molecule has 0 bridgehead atoms. The maximum Gasteiger partial charge on any atom is 0.341 e. The lowest BCUT2D eigenvalue weighted by molar-refractivity contribution is 0.252. The molecular formula is C33H38N6OS. The molecule has 0 spiro atoms. The minimum absolute atomic E-state index is 0.128. The molecule has 2 aromatic heterocycles.